The van der Waals surface area contributed by atoms with Crippen LogP contribution in [0.3, 0.4) is 0 Å². The van der Waals surface area contributed by atoms with Crippen molar-refractivity contribution in [2.24, 2.45) is 0 Å². The Kier molecular flexibility index (Phi) is 1.58. The lowest BCUT2D eigenvalue weighted by molar-refractivity contribution is 1.35. The average molecular weight is 120 g/mol. The Hall–Kier alpha value is -1.18. The van der Waals surface area contributed by atoms with Gasteiger partial charge < -0.3 is 10.8 Å². The molecule has 0 atom stereocenters. The molecule has 2 nitrogen and oxygen atoms in total. The maximum absolute atomic E-state index is 7.15. The van der Waals surface area contributed by atoms with Crippen molar-refractivity contribution >= 4 is 11.9 Å². The van der Waals surface area contributed by atoms with Crippen molar-refractivity contribution in [1.29, 1.82) is 10.8 Å². The van der Waals surface area contributed by atoms with Crippen molar-refractivity contribution < 1.29 is 0 Å². The van der Waals surface area contributed by atoms with E-state index in [-0.39, 0.29) is 0 Å². The molecular weight excluding hydrogens is 112 g/mol. The van der Waals surface area contributed by atoms with Gasteiger partial charge >= 0.3 is 0 Å². The molecule has 0 amide bonds. The number of hydrogen-bond donors (Lipinski definition) is 2. The van der Waals surface area contributed by atoms with Crippen molar-refractivity contribution in [2.45, 2.75) is 6.42 Å². The minimum atomic E-state index is 0.612. The highest BCUT2D eigenvalue weighted by Gasteiger charge is 1.95. The molecule has 0 bridgehead atoms. The SMILES string of the molecule is N=CC1=CCC(=N)C=C1. The fourth-order valence-electron chi connectivity index (χ4n) is 0.668. The zero-order valence-corrected chi connectivity index (χ0v) is 5.02. The first-order valence-electron chi connectivity index (χ1n) is 2.79. The third-order valence-electron chi connectivity index (χ3n) is 1.20. The standard InChI is InChI=1S/C7H8N2/c8-5-6-1-3-7(9)4-2-6/h1-3,5,8-9H,4H2. The molecule has 2 N–H and O–H groups in total. The lowest BCUT2D eigenvalue weighted by Crippen LogP contribution is -1.95. The van der Waals surface area contributed by atoms with Gasteiger partial charge in [0.25, 0.3) is 0 Å². The molecular formula is C7H8N2. The van der Waals surface area contributed by atoms with Crippen LogP contribution in [-0.4, -0.2) is 11.9 Å². The fourth-order valence-corrected chi connectivity index (χ4v) is 0.668. The molecule has 1 rings (SSSR count). The van der Waals surface area contributed by atoms with Gasteiger partial charge in [0, 0.05) is 18.3 Å². The van der Waals surface area contributed by atoms with Crippen molar-refractivity contribution in [1.82, 2.24) is 0 Å². The molecule has 0 aliphatic heterocycles. The molecule has 9 heavy (non-hydrogen) atoms. The molecule has 0 unspecified atom stereocenters. The van der Waals surface area contributed by atoms with Gasteiger partial charge in [0.1, 0.15) is 0 Å². The highest BCUT2D eigenvalue weighted by molar-refractivity contribution is 5.98. The zero-order valence-electron chi connectivity index (χ0n) is 5.02. The quantitative estimate of drug-likeness (QED) is 0.493. The Morgan fingerprint density at radius 3 is 2.67 bits per heavy atom. The molecule has 0 aromatic carbocycles. The van der Waals surface area contributed by atoms with Crippen LogP contribution in [-0.2, 0) is 0 Å². The first-order valence-corrected chi connectivity index (χ1v) is 2.79. The van der Waals surface area contributed by atoms with E-state index in [0.29, 0.717) is 12.1 Å². The molecule has 0 saturated carbocycles. The van der Waals surface area contributed by atoms with E-state index >= 15 is 0 Å². The van der Waals surface area contributed by atoms with E-state index in [1.54, 1.807) is 12.2 Å². The van der Waals surface area contributed by atoms with Crippen LogP contribution in [0, 0.1) is 10.8 Å². The third-order valence-corrected chi connectivity index (χ3v) is 1.20. The van der Waals surface area contributed by atoms with Crippen molar-refractivity contribution in [3.63, 3.8) is 0 Å². The normalized spacial score (nSPS) is 17.3. The fraction of sp³-hybridized carbons (Fsp3) is 0.143. The van der Waals surface area contributed by atoms with E-state index in [1.807, 2.05) is 6.08 Å². The molecule has 0 aromatic heterocycles. The number of rotatable bonds is 1. The Bertz CT molecular complexity index is 199. The Morgan fingerprint density at radius 2 is 2.22 bits per heavy atom. The molecule has 0 saturated heterocycles. The second kappa shape index (κ2) is 2.40. The molecule has 2 heteroatoms. The highest BCUT2D eigenvalue weighted by atomic mass is 14.4. The second-order valence-electron chi connectivity index (χ2n) is 1.91. The van der Waals surface area contributed by atoms with Crippen molar-refractivity contribution in [3.8, 4) is 0 Å². The number of hydrogen-bond acceptors (Lipinski definition) is 2. The van der Waals surface area contributed by atoms with Crippen molar-refractivity contribution in [2.75, 3.05) is 0 Å². The van der Waals surface area contributed by atoms with Crippen LogP contribution in [0.1, 0.15) is 6.42 Å². The lowest BCUT2D eigenvalue weighted by Gasteiger charge is -1.99. The van der Waals surface area contributed by atoms with Gasteiger partial charge in [-0.1, -0.05) is 12.2 Å². The first-order chi connectivity index (χ1) is 4.33. The van der Waals surface area contributed by atoms with E-state index in [1.165, 1.54) is 6.21 Å². The summed E-state index contributed by atoms with van der Waals surface area (Å²) in [6.45, 7) is 0. The minimum absolute atomic E-state index is 0.612. The summed E-state index contributed by atoms with van der Waals surface area (Å²) in [5, 5.41) is 14.0. The van der Waals surface area contributed by atoms with E-state index < -0.39 is 0 Å². The number of nitrogens with one attached hydrogen (secondary N) is 2. The Labute approximate surface area is 53.9 Å². The number of allylic oxidation sites excluding steroid dienone is 4. The average Bonchev–Trinajstić information content (AvgIpc) is 1.90. The van der Waals surface area contributed by atoms with Crippen LogP contribution in [0.2, 0.25) is 0 Å². The smallest absolute Gasteiger partial charge is 0.0352 e. The van der Waals surface area contributed by atoms with Crippen molar-refractivity contribution in [3.05, 3.63) is 23.8 Å². The van der Waals surface area contributed by atoms with Gasteiger partial charge in [0.2, 0.25) is 0 Å². The molecule has 1 aliphatic rings. The van der Waals surface area contributed by atoms with E-state index in [9.17, 15) is 0 Å². The summed E-state index contributed by atoms with van der Waals surface area (Å²) in [7, 11) is 0. The predicted molar refractivity (Wildman–Crippen MR) is 38.4 cm³/mol. The van der Waals surface area contributed by atoms with Gasteiger partial charge in [0.15, 0.2) is 0 Å². The van der Waals surface area contributed by atoms with E-state index in [4.69, 9.17) is 10.8 Å². The summed E-state index contributed by atoms with van der Waals surface area (Å²) in [5.41, 5.74) is 1.51. The van der Waals surface area contributed by atoms with Gasteiger partial charge in [-0.15, -0.1) is 0 Å². The summed E-state index contributed by atoms with van der Waals surface area (Å²) in [4.78, 5) is 0. The second-order valence-corrected chi connectivity index (χ2v) is 1.91. The first kappa shape index (κ1) is 5.95. The molecule has 0 radical (unpaired) electrons. The summed E-state index contributed by atoms with van der Waals surface area (Å²) in [5.74, 6) is 0. The highest BCUT2D eigenvalue weighted by Crippen LogP contribution is 2.03. The maximum atomic E-state index is 7.15. The monoisotopic (exact) mass is 120 g/mol. The van der Waals surface area contributed by atoms with Gasteiger partial charge in [-0.3, -0.25) is 0 Å². The molecule has 0 fully saturated rings. The van der Waals surface area contributed by atoms with Gasteiger partial charge in [-0.05, 0) is 11.6 Å². The predicted octanol–water partition coefficient (Wildman–Crippen LogP) is 1.54. The molecule has 46 valence electrons. The Balaban J connectivity index is 2.73. The largest absolute Gasteiger partial charge is 0.308 e. The minimum Gasteiger partial charge on any atom is -0.308 e. The summed E-state index contributed by atoms with van der Waals surface area (Å²) >= 11 is 0. The van der Waals surface area contributed by atoms with Crippen LogP contribution in [0.5, 0.6) is 0 Å². The van der Waals surface area contributed by atoms with E-state index in [0.717, 1.165) is 5.57 Å². The van der Waals surface area contributed by atoms with Crippen LogP contribution in [0.15, 0.2) is 23.8 Å². The van der Waals surface area contributed by atoms with Crippen LogP contribution in [0.25, 0.3) is 0 Å². The van der Waals surface area contributed by atoms with Gasteiger partial charge in [0.05, 0.1) is 0 Å². The summed E-state index contributed by atoms with van der Waals surface area (Å²) < 4.78 is 0. The lowest BCUT2D eigenvalue weighted by atomic mass is 10.1. The van der Waals surface area contributed by atoms with Gasteiger partial charge in [-0.25, -0.2) is 0 Å². The van der Waals surface area contributed by atoms with Gasteiger partial charge in [-0.2, -0.15) is 0 Å². The van der Waals surface area contributed by atoms with Crippen LogP contribution in [0.4, 0.5) is 0 Å². The zero-order chi connectivity index (χ0) is 6.69. The third kappa shape index (κ3) is 1.35. The van der Waals surface area contributed by atoms with E-state index in [2.05, 4.69) is 0 Å². The molecule has 0 heterocycles. The van der Waals surface area contributed by atoms with Crippen LogP contribution >= 0.6 is 0 Å². The maximum Gasteiger partial charge on any atom is 0.0352 e. The molecule has 1 aliphatic carbocycles. The van der Waals surface area contributed by atoms with Crippen LogP contribution < -0.4 is 0 Å². The Morgan fingerprint density at radius 1 is 1.44 bits per heavy atom. The topological polar surface area (TPSA) is 47.7 Å². The molecule has 0 spiro atoms. The summed E-state index contributed by atoms with van der Waals surface area (Å²) in [6, 6.07) is 0. The summed E-state index contributed by atoms with van der Waals surface area (Å²) in [6.07, 6.45) is 7.33. The molecule has 0 aromatic rings.